The lowest BCUT2D eigenvalue weighted by molar-refractivity contribution is 0.0934. The second-order valence-corrected chi connectivity index (χ2v) is 5.34. The maximum Gasteiger partial charge on any atom is 0.272 e. The van der Waals surface area contributed by atoms with Gasteiger partial charge in [0, 0.05) is 0 Å². The summed E-state index contributed by atoms with van der Waals surface area (Å²) >= 11 is 7.35. The fourth-order valence-corrected chi connectivity index (χ4v) is 2.22. The highest BCUT2D eigenvalue weighted by molar-refractivity contribution is 7.98. The summed E-state index contributed by atoms with van der Waals surface area (Å²) in [6.45, 7) is 1.91. The number of benzene rings is 1. The molecule has 2 rings (SSSR count). The van der Waals surface area contributed by atoms with Gasteiger partial charge in [-0.1, -0.05) is 53.7 Å². The van der Waals surface area contributed by atoms with E-state index in [2.05, 4.69) is 15.3 Å². The van der Waals surface area contributed by atoms with Gasteiger partial charge in [0.2, 0.25) is 0 Å². The zero-order chi connectivity index (χ0) is 14.5. The summed E-state index contributed by atoms with van der Waals surface area (Å²) in [7, 11) is 0. The third-order valence-electron chi connectivity index (χ3n) is 2.77. The van der Waals surface area contributed by atoms with Gasteiger partial charge in [-0.2, -0.15) is 0 Å². The first kappa shape index (κ1) is 14.8. The molecule has 1 aromatic carbocycles. The van der Waals surface area contributed by atoms with Crippen LogP contribution in [0.3, 0.4) is 0 Å². The van der Waals surface area contributed by atoms with Crippen LogP contribution in [-0.2, 0) is 0 Å². The summed E-state index contributed by atoms with van der Waals surface area (Å²) in [5.41, 5.74) is 1.23. The van der Waals surface area contributed by atoms with E-state index in [9.17, 15) is 4.79 Å². The van der Waals surface area contributed by atoms with Crippen LogP contribution in [0, 0.1) is 0 Å². The second-order valence-electron chi connectivity index (χ2n) is 4.16. The smallest absolute Gasteiger partial charge is 0.272 e. The van der Waals surface area contributed by atoms with Gasteiger partial charge < -0.3 is 5.32 Å². The Bertz CT molecular complexity index is 607. The molecule has 104 valence electrons. The Balaban J connectivity index is 2.16. The van der Waals surface area contributed by atoms with Crippen LogP contribution in [-0.4, -0.2) is 22.1 Å². The van der Waals surface area contributed by atoms with E-state index in [1.54, 1.807) is 0 Å². The van der Waals surface area contributed by atoms with Gasteiger partial charge in [-0.3, -0.25) is 4.79 Å². The van der Waals surface area contributed by atoms with E-state index < -0.39 is 0 Å². The quantitative estimate of drug-likeness (QED) is 0.695. The predicted molar refractivity (Wildman–Crippen MR) is 81.1 cm³/mol. The van der Waals surface area contributed by atoms with E-state index in [4.69, 9.17) is 11.6 Å². The number of hydrogen-bond acceptors (Lipinski definition) is 4. The Hall–Kier alpha value is -1.59. The second kappa shape index (κ2) is 6.72. The van der Waals surface area contributed by atoms with Crippen molar-refractivity contribution in [1.29, 1.82) is 0 Å². The summed E-state index contributed by atoms with van der Waals surface area (Å²) in [5, 5.41) is 3.65. The Kier molecular flexibility index (Phi) is 4.98. The fourth-order valence-electron chi connectivity index (χ4n) is 1.70. The molecule has 0 bridgehead atoms. The Morgan fingerprint density at radius 1 is 1.35 bits per heavy atom. The van der Waals surface area contributed by atoms with Gasteiger partial charge in [0.1, 0.15) is 0 Å². The number of nitrogens with zero attached hydrogens (tertiary/aromatic N) is 2. The van der Waals surface area contributed by atoms with Crippen molar-refractivity contribution in [3.8, 4) is 0 Å². The molecule has 0 saturated carbocycles. The summed E-state index contributed by atoms with van der Waals surface area (Å²) in [4.78, 5) is 20.4. The van der Waals surface area contributed by atoms with Gasteiger partial charge in [-0.15, -0.1) is 0 Å². The number of nitrogens with one attached hydrogen (secondary N) is 1. The topological polar surface area (TPSA) is 54.9 Å². The molecule has 0 radical (unpaired) electrons. The molecule has 0 aliphatic heterocycles. The highest BCUT2D eigenvalue weighted by Crippen LogP contribution is 2.18. The van der Waals surface area contributed by atoms with Crippen molar-refractivity contribution >= 4 is 29.3 Å². The van der Waals surface area contributed by atoms with Gasteiger partial charge >= 0.3 is 0 Å². The fraction of sp³-hybridized carbons (Fsp3) is 0.214. The number of halogens is 1. The van der Waals surface area contributed by atoms with Crippen molar-refractivity contribution in [3.05, 3.63) is 52.8 Å². The van der Waals surface area contributed by atoms with Crippen molar-refractivity contribution in [2.45, 2.75) is 18.1 Å². The zero-order valence-corrected chi connectivity index (χ0v) is 12.7. The molecule has 4 nitrogen and oxygen atoms in total. The molecular formula is C14H14ClN3OS. The van der Waals surface area contributed by atoms with E-state index in [-0.39, 0.29) is 22.7 Å². The minimum absolute atomic E-state index is 0.118. The van der Waals surface area contributed by atoms with Crippen LogP contribution in [0.15, 0.2) is 41.7 Å². The summed E-state index contributed by atoms with van der Waals surface area (Å²) in [6.07, 6.45) is 3.29. The molecule has 0 aliphatic rings. The van der Waals surface area contributed by atoms with E-state index in [0.29, 0.717) is 5.16 Å². The molecule has 0 spiro atoms. The van der Waals surface area contributed by atoms with Gasteiger partial charge in [0.05, 0.1) is 17.3 Å². The van der Waals surface area contributed by atoms with Crippen molar-refractivity contribution < 1.29 is 4.79 Å². The number of carbonyl (C=O) groups is 1. The number of aromatic nitrogens is 2. The van der Waals surface area contributed by atoms with Crippen molar-refractivity contribution in [1.82, 2.24) is 15.3 Å². The Labute approximate surface area is 127 Å². The largest absolute Gasteiger partial charge is 0.344 e. The molecule has 6 heteroatoms. The number of hydrogen-bond donors (Lipinski definition) is 1. The molecule has 1 N–H and O–H groups in total. The molecule has 2 aromatic rings. The van der Waals surface area contributed by atoms with Crippen LogP contribution >= 0.6 is 23.4 Å². The van der Waals surface area contributed by atoms with Crippen LogP contribution < -0.4 is 5.32 Å². The van der Waals surface area contributed by atoms with Gasteiger partial charge in [0.25, 0.3) is 5.91 Å². The standard InChI is InChI=1S/C14H14ClN3OS/c1-9(10-6-4-3-5-7-10)17-13(19)12-11(15)8-16-14(18-12)20-2/h3-9H,1-2H3,(H,17,19)/t9-/m0/s1. The maximum atomic E-state index is 12.2. The zero-order valence-electron chi connectivity index (χ0n) is 11.1. The highest BCUT2D eigenvalue weighted by atomic mass is 35.5. The van der Waals surface area contributed by atoms with E-state index >= 15 is 0 Å². The van der Waals surface area contributed by atoms with Gasteiger partial charge in [-0.25, -0.2) is 9.97 Å². The number of carbonyl (C=O) groups excluding carboxylic acids is 1. The normalized spacial score (nSPS) is 11.9. The first-order valence-corrected chi connectivity index (χ1v) is 7.64. The van der Waals surface area contributed by atoms with Crippen molar-refractivity contribution in [3.63, 3.8) is 0 Å². The monoisotopic (exact) mass is 307 g/mol. The highest BCUT2D eigenvalue weighted by Gasteiger charge is 2.16. The van der Waals surface area contributed by atoms with E-state index in [1.807, 2.05) is 43.5 Å². The molecule has 20 heavy (non-hydrogen) atoms. The van der Waals surface area contributed by atoms with Gasteiger partial charge in [-0.05, 0) is 18.7 Å². The van der Waals surface area contributed by atoms with Crippen molar-refractivity contribution in [2.75, 3.05) is 6.26 Å². The lowest BCUT2D eigenvalue weighted by Gasteiger charge is -2.14. The first-order valence-electron chi connectivity index (χ1n) is 6.04. The van der Waals surface area contributed by atoms with E-state index in [1.165, 1.54) is 18.0 Å². The molecule has 1 aromatic heterocycles. The lowest BCUT2D eigenvalue weighted by Crippen LogP contribution is -2.28. The molecule has 0 saturated heterocycles. The number of amides is 1. The molecule has 1 atom stereocenters. The molecule has 0 unspecified atom stereocenters. The Morgan fingerprint density at radius 2 is 2.05 bits per heavy atom. The molecule has 0 aliphatic carbocycles. The first-order chi connectivity index (χ1) is 9.61. The summed E-state index contributed by atoms with van der Waals surface area (Å²) in [6, 6.07) is 9.60. The van der Waals surface area contributed by atoms with E-state index in [0.717, 1.165) is 5.56 Å². The maximum absolute atomic E-state index is 12.2. The molecular weight excluding hydrogens is 294 g/mol. The average Bonchev–Trinajstić information content (AvgIpc) is 2.48. The molecule has 0 fully saturated rings. The predicted octanol–water partition coefficient (Wildman–Crippen LogP) is 3.34. The van der Waals surface area contributed by atoms with Crippen LogP contribution in [0.5, 0.6) is 0 Å². The van der Waals surface area contributed by atoms with Crippen LogP contribution in [0.2, 0.25) is 5.02 Å². The van der Waals surface area contributed by atoms with Crippen molar-refractivity contribution in [2.24, 2.45) is 0 Å². The summed E-state index contributed by atoms with van der Waals surface area (Å²) in [5.74, 6) is -0.302. The third kappa shape index (κ3) is 3.49. The third-order valence-corrected chi connectivity index (χ3v) is 3.61. The number of rotatable bonds is 4. The van der Waals surface area contributed by atoms with Crippen LogP contribution in [0.1, 0.15) is 29.0 Å². The van der Waals surface area contributed by atoms with Crippen LogP contribution in [0.4, 0.5) is 0 Å². The minimum atomic E-state index is -0.302. The Morgan fingerprint density at radius 3 is 2.70 bits per heavy atom. The molecule has 1 amide bonds. The summed E-state index contributed by atoms with van der Waals surface area (Å²) < 4.78 is 0. The van der Waals surface area contributed by atoms with Gasteiger partial charge in [0.15, 0.2) is 10.9 Å². The molecule has 1 heterocycles. The number of thioether (sulfide) groups is 1. The lowest BCUT2D eigenvalue weighted by atomic mass is 10.1. The average molecular weight is 308 g/mol. The van der Waals surface area contributed by atoms with Crippen LogP contribution in [0.25, 0.3) is 0 Å². The minimum Gasteiger partial charge on any atom is -0.344 e. The SMILES string of the molecule is CSc1ncc(Cl)c(C(=O)N[C@@H](C)c2ccccc2)n1.